The van der Waals surface area contributed by atoms with E-state index in [9.17, 15) is 23.5 Å². The molecule has 184 valence electrons. The minimum atomic E-state index is -1.08. The van der Waals surface area contributed by atoms with Crippen LogP contribution in [0.3, 0.4) is 0 Å². The van der Waals surface area contributed by atoms with Gasteiger partial charge in [-0.25, -0.2) is 13.6 Å². The maximum atomic E-state index is 14.0. The minimum Gasteiger partial charge on any atom is -0.478 e. The third kappa shape index (κ3) is 6.03. The highest BCUT2D eigenvalue weighted by Gasteiger charge is 2.37. The summed E-state index contributed by atoms with van der Waals surface area (Å²) in [5.41, 5.74) is -0.276. The largest absolute Gasteiger partial charge is 0.478 e. The molecule has 3 rings (SSSR count). The van der Waals surface area contributed by atoms with Crippen LogP contribution in [0.1, 0.15) is 45.9 Å². The van der Waals surface area contributed by atoms with Crippen molar-refractivity contribution >= 4 is 11.9 Å². The Labute approximate surface area is 195 Å². The van der Waals surface area contributed by atoms with Crippen molar-refractivity contribution in [3.8, 4) is 11.5 Å². The molecule has 0 radical (unpaired) electrons. The molecule has 0 spiro atoms. The summed E-state index contributed by atoms with van der Waals surface area (Å²) >= 11 is 0. The molecule has 0 aliphatic heterocycles. The standard InChI is InChI=1S/C23H28F2N4O5/c1-4-14(5-2)33-18-10-13(23(31)32)9-17(21(18)27-12(3)30)26-11-19-28-22(34-29-19)20-15(24)7-6-8-16(20)25/h6-8,10,14,17-18,21,26H,4-5,9,11H2,1-3H3,(H,27,30)(H,31,32)/t17-,18+,21+/m0/s1. The Morgan fingerprint density at radius 1 is 1.26 bits per heavy atom. The molecule has 1 aliphatic carbocycles. The summed E-state index contributed by atoms with van der Waals surface area (Å²) in [6.07, 6.45) is 2.32. The second-order valence-corrected chi connectivity index (χ2v) is 8.07. The van der Waals surface area contributed by atoms with E-state index < -0.39 is 41.4 Å². The van der Waals surface area contributed by atoms with Gasteiger partial charge in [-0.1, -0.05) is 25.1 Å². The van der Waals surface area contributed by atoms with Crippen LogP contribution in [0.4, 0.5) is 8.78 Å². The van der Waals surface area contributed by atoms with Crippen molar-refractivity contribution in [2.45, 2.75) is 70.9 Å². The predicted molar refractivity (Wildman–Crippen MR) is 117 cm³/mol. The predicted octanol–water partition coefficient (Wildman–Crippen LogP) is 2.97. The molecule has 1 amide bonds. The van der Waals surface area contributed by atoms with E-state index in [1.54, 1.807) is 0 Å². The van der Waals surface area contributed by atoms with Gasteiger partial charge in [0.1, 0.15) is 17.2 Å². The topological polar surface area (TPSA) is 127 Å². The van der Waals surface area contributed by atoms with E-state index in [1.165, 1.54) is 19.1 Å². The average molecular weight is 478 g/mol. The number of carboxylic acids is 1. The average Bonchev–Trinajstić information content (AvgIpc) is 3.25. The van der Waals surface area contributed by atoms with Gasteiger partial charge in [-0.3, -0.25) is 4.79 Å². The lowest BCUT2D eigenvalue weighted by Gasteiger charge is -2.38. The molecule has 3 N–H and O–H groups in total. The fourth-order valence-corrected chi connectivity index (χ4v) is 3.92. The summed E-state index contributed by atoms with van der Waals surface area (Å²) < 4.78 is 39.2. The zero-order valence-corrected chi connectivity index (χ0v) is 19.2. The molecule has 34 heavy (non-hydrogen) atoms. The van der Waals surface area contributed by atoms with E-state index in [0.717, 1.165) is 25.0 Å². The van der Waals surface area contributed by atoms with Crippen molar-refractivity contribution in [3.63, 3.8) is 0 Å². The van der Waals surface area contributed by atoms with Crippen molar-refractivity contribution in [1.82, 2.24) is 20.8 Å². The third-order valence-electron chi connectivity index (χ3n) is 5.66. The Hall–Kier alpha value is -3.18. The van der Waals surface area contributed by atoms with Crippen LogP contribution >= 0.6 is 0 Å². The van der Waals surface area contributed by atoms with Gasteiger partial charge in [0.05, 0.1) is 24.8 Å². The molecule has 9 nitrogen and oxygen atoms in total. The molecule has 0 saturated heterocycles. The first-order valence-corrected chi connectivity index (χ1v) is 11.1. The van der Waals surface area contributed by atoms with Gasteiger partial charge in [0.25, 0.3) is 5.89 Å². The highest BCUT2D eigenvalue weighted by molar-refractivity contribution is 5.87. The van der Waals surface area contributed by atoms with Crippen LogP contribution in [0.15, 0.2) is 34.4 Å². The summed E-state index contributed by atoms with van der Waals surface area (Å²) in [5.74, 6) is -3.24. The van der Waals surface area contributed by atoms with Crippen molar-refractivity contribution in [1.29, 1.82) is 0 Å². The Bertz CT molecular complexity index is 1030. The quantitative estimate of drug-likeness (QED) is 0.476. The van der Waals surface area contributed by atoms with Crippen LogP contribution in [-0.2, 0) is 20.9 Å². The monoisotopic (exact) mass is 478 g/mol. The number of halogens is 2. The number of aliphatic carboxylic acids is 1. The normalized spacial score (nSPS) is 20.3. The number of carbonyl (C=O) groups excluding carboxylic acids is 1. The van der Waals surface area contributed by atoms with Gasteiger partial charge in [0.15, 0.2) is 5.82 Å². The van der Waals surface area contributed by atoms with Gasteiger partial charge >= 0.3 is 5.97 Å². The lowest BCUT2D eigenvalue weighted by atomic mass is 9.87. The summed E-state index contributed by atoms with van der Waals surface area (Å²) in [7, 11) is 0. The van der Waals surface area contributed by atoms with Gasteiger partial charge in [-0.2, -0.15) is 4.98 Å². The highest BCUT2D eigenvalue weighted by atomic mass is 19.1. The number of nitrogens with zero attached hydrogens (tertiary/aromatic N) is 2. The number of benzene rings is 1. The van der Waals surface area contributed by atoms with Gasteiger partial charge in [0.2, 0.25) is 5.91 Å². The number of aromatic nitrogens is 2. The SMILES string of the molecule is CCC(CC)O[C@@H]1C=C(C(=O)O)C[C@H](NCc2noc(-c3c(F)cccc3F)n2)[C@H]1NC(C)=O. The van der Waals surface area contributed by atoms with Crippen LogP contribution in [0, 0.1) is 11.6 Å². The number of hydrogen-bond donors (Lipinski definition) is 3. The van der Waals surface area contributed by atoms with E-state index >= 15 is 0 Å². The van der Waals surface area contributed by atoms with Crippen molar-refractivity contribution < 1.29 is 32.7 Å². The number of carboxylic acid groups (broad SMARTS) is 1. The minimum absolute atomic E-state index is 0.00489. The first-order chi connectivity index (χ1) is 16.2. The molecule has 0 saturated carbocycles. The second kappa shape index (κ2) is 11.3. The number of nitrogens with one attached hydrogen (secondary N) is 2. The fourth-order valence-electron chi connectivity index (χ4n) is 3.92. The van der Waals surface area contributed by atoms with Gasteiger partial charge in [-0.05, 0) is 37.5 Å². The van der Waals surface area contributed by atoms with Gasteiger partial charge < -0.3 is 25.0 Å². The van der Waals surface area contributed by atoms with E-state index in [-0.39, 0.29) is 42.3 Å². The number of amides is 1. The number of hydrogen-bond acceptors (Lipinski definition) is 7. The van der Waals surface area contributed by atoms with Crippen molar-refractivity contribution in [3.05, 3.63) is 47.3 Å². The summed E-state index contributed by atoms with van der Waals surface area (Å²) in [6.45, 7) is 5.31. The van der Waals surface area contributed by atoms with Crippen LogP contribution in [-0.4, -0.2) is 51.4 Å². The lowest BCUT2D eigenvalue weighted by molar-refractivity contribution is -0.133. The van der Waals surface area contributed by atoms with Crippen LogP contribution in [0.5, 0.6) is 0 Å². The van der Waals surface area contributed by atoms with Crippen LogP contribution < -0.4 is 10.6 Å². The first kappa shape index (κ1) is 25.4. The van der Waals surface area contributed by atoms with E-state index in [2.05, 4.69) is 20.8 Å². The molecule has 1 heterocycles. The first-order valence-electron chi connectivity index (χ1n) is 11.1. The summed E-state index contributed by atoms with van der Waals surface area (Å²) in [5, 5.41) is 19.4. The van der Waals surface area contributed by atoms with Crippen LogP contribution in [0.2, 0.25) is 0 Å². The summed E-state index contributed by atoms with van der Waals surface area (Å²) in [6, 6.07) is 2.30. The molecule has 1 aliphatic rings. The zero-order valence-electron chi connectivity index (χ0n) is 19.2. The third-order valence-corrected chi connectivity index (χ3v) is 5.66. The van der Waals surface area contributed by atoms with Gasteiger partial charge in [0, 0.05) is 18.5 Å². The second-order valence-electron chi connectivity index (χ2n) is 8.07. The molecule has 0 bridgehead atoms. The molecular weight excluding hydrogens is 450 g/mol. The maximum absolute atomic E-state index is 14.0. The smallest absolute Gasteiger partial charge is 0.331 e. The Kier molecular flexibility index (Phi) is 8.46. The van der Waals surface area contributed by atoms with E-state index in [4.69, 9.17) is 9.26 Å². The molecule has 1 aromatic carbocycles. The number of rotatable bonds is 10. The van der Waals surface area contributed by atoms with Gasteiger partial charge in [-0.15, -0.1) is 0 Å². The van der Waals surface area contributed by atoms with Crippen molar-refractivity contribution in [2.24, 2.45) is 0 Å². The Morgan fingerprint density at radius 3 is 2.53 bits per heavy atom. The number of carbonyl (C=O) groups is 2. The molecular formula is C23H28F2N4O5. The van der Waals surface area contributed by atoms with Crippen molar-refractivity contribution in [2.75, 3.05) is 0 Å². The molecule has 0 fully saturated rings. The molecule has 3 atom stereocenters. The Morgan fingerprint density at radius 2 is 1.94 bits per heavy atom. The van der Waals surface area contributed by atoms with Crippen LogP contribution in [0.25, 0.3) is 11.5 Å². The molecule has 11 heteroatoms. The highest BCUT2D eigenvalue weighted by Crippen LogP contribution is 2.26. The maximum Gasteiger partial charge on any atom is 0.331 e. The summed E-state index contributed by atoms with van der Waals surface area (Å²) in [4.78, 5) is 27.7. The molecule has 2 aromatic rings. The molecule has 1 aromatic heterocycles. The lowest BCUT2D eigenvalue weighted by Crippen LogP contribution is -2.58. The van der Waals surface area contributed by atoms with E-state index in [1.807, 2.05) is 13.8 Å². The van der Waals surface area contributed by atoms with E-state index in [0.29, 0.717) is 0 Å². The molecule has 0 unspecified atom stereocenters. The Balaban J connectivity index is 1.81. The zero-order chi connectivity index (χ0) is 24.8. The fraction of sp³-hybridized carbons (Fsp3) is 0.478. The number of ether oxygens (including phenoxy) is 1.